The highest BCUT2D eigenvalue weighted by atomic mass is 32.2. The Hall–Kier alpha value is -2.36. The average Bonchev–Trinajstić information content (AvgIpc) is 3.02. The van der Waals surface area contributed by atoms with Gasteiger partial charge in [-0.15, -0.1) is 0 Å². The van der Waals surface area contributed by atoms with Gasteiger partial charge in [0, 0.05) is 19.8 Å². The molecule has 1 aromatic carbocycles. The van der Waals surface area contributed by atoms with E-state index in [0.29, 0.717) is 22.9 Å². The van der Waals surface area contributed by atoms with Gasteiger partial charge in [-0.3, -0.25) is 13.9 Å². The zero-order valence-corrected chi connectivity index (χ0v) is 15.3. The Kier molecular flexibility index (Phi) is 5.30. The predicted octanol–water partition coefficient (Wildman–Crippen LogP) is -0.0727. The van der Waals surface area contributed by atoms with Gasteiger partial charge in [0.2, 0.25) is 0 Å². The number of aromatic nitrogens is 4. The molecule has 0 saturated heterocycles. The Labute approximate surface area is 153 Å². The predicted molar refractivity (Wildman–Crippen MR) is 99.6 cm³/mol. The maximum atomic E-state index is 12.7. The van der Waals surface area contributed by atoms with E-state index in [1.807, 2.05) is 30.3 Å². The van der Waals surface area contributed by atoms with E-state index < -0.39 is 17.4 Å². The van der Waals surface area contributed by atoms with Crippen LogP contribution in [0, 0.1) is 0 Å². The van der Waals surface area contributed by atoms with Crippen LogP contribution in [0.3, 0.4) is 0 Å². The molecule has 2 N–H and O–H groups in total. The summed E-state index contributed by atoms with van der Waals surface area (Å²) in [7, 11) is 3.01. The molecule has 0 fully saturated rings. The van der Waals surface area contributed by atoms with Crippen molar-refractivity contribution in [3.63, 3.8) is 0 Å². The standard InChI is InChI=1S/C17H20N4O4S/c1-19-14-13(15(24)20(2)17(19)25)21(8-11-6-4-3-5-7-11)16(18-14)26-10-12(23)9-22/h3-7,12,22-23H,8-10H2,1-2H3/t12-/m1/s1. The minimum atomic E-state index is -0.892. The van der Waals surface area contributed by atoms with Crippen LogP contribution >= 0.6 is 11.8 Å². The number of nitrogens with zero attached hydrogens (tertiary/aromatic N) is 4. The lowest BCUT2D eigenvalue weighted by Gasteiger charge is -2.10. The molecule has 9 heteroatoms. The van der Waals surface area contributed by atoms with Crippen molar-refractivity contribution in [3.8, 4) is 0 Å². The van der Waals surface area contributed by atoms with Crippen molar-refractivity contribution in [1.82, 2.24) is 18.7 Å². The Morgan fingerprint density at radius 2 is 1.85 bits per heavy atom. The average molecular weight is 376 g/mol. The van der Waals surface area contributed by atoms with Gasteiger partial charge < -0.3 is 14.8 Å². The van der Waals surface area contributed by atoms with Crippen LogP contribution in [0.5, 0.6) is 0 Å². The van der Waals surface area contributed by atoms with Gasteiger partial charge >= 0.3 is 5.69 Å². The summed E-state index contributed by atoms with van der Waals surface area (Å²) < 4.78 is 4.15. The highest BCUT2D eigenvalue weighted by Crippen LogP contribution is 2.23. The monoisotopic (exact) mass is 376 g/mol. The van der Waals surface area contributed by atoms with Crippen LogP contribution in [0.4, 0.5) is 0 Å². The quantitative estimate of drug-likeness (QED) is 0.584. The fourth-order valence-electron chi connectivity index (χ4n) is 2.67. The summed E-state index contributed by atoms with van der Waals surface area (Å²) in [6.45, 7) is 0.0501. The third-order valence-electron chi connectivity index (χ3n) is 4.11. The van der Waals surface area contributed by atoms with Gasteiger partial charge in [0.15, 0.2) is 16.3 Å². The number of aliphatic hydroxyl groups is 2. The first-order chi connectivity index (χ1) is 12.4. The molecule has 3 rings (SSSR count). The lowest BCUT2D eigenvalue weighted by atomic mass is 10.2. The van der Waals surface area contributed by atoms with Crippen LogP contribution in [-0.4, -0.2) is 47.4 Å². The molecule has 0 bridgehead atoms. The van der Waals surface area contributed by atoms with E-state index in [1.165, 1.54) is 23.4 Å². The van der Waals surface area contributed by atoms with Gasteiger partial charge in [-0.2, -0.15) is 0 Å². The highest BCUT2D eigenvalue weighted by Gasteiger charge is 2.20. The Bertz CT molecular complexity index is 1040. The van der Waals surface area contributed by atoms with E-state index in [1.54, 1.807) is 11.6 Å². The molecule has 8 nitrogen and oxygen atoms in total. The molecule has 0 aliphatic heterocycles. The molecular weight excluding hydrogens is 356 g/mol. The summed E-state index contributed by atoms with van der Waals surface area (Å²) in [4.78, 5) is 29.4. The summed E-state index contributed by atoms with van der Waals surface area (Å²) >= 11 is 1.23. The molecule has 2 aromatic heterocycles. The molecule has 3 aromatic rings. The van der Waals surface area contributed by atoms with Gasteiger partial charge in [-0.1, -0.05) is 42.1 Å². The summed E-state index contributed by atoms with van der Waals surface area (Å²) in [5, 5.41) is 19.2. The maximum Gasteiger partial charge on any atom is 0.332 e. The first kappa shape index (κ1) is 18.4. The van der Waals surface area contributed by atoms with E-state index in [4.69, 9.17) is 5.11 Å². The number of rotatable bonds is 6. The van der Waals surface area contributed by atoms with Crippen molar-refractivity contribution in [3.05, 3.63) is 56.7 Å². The third kappa shape index (κ3) is 3.33. The zero-order valence-electron chi connectivity index (χ0n) is 14.5. The van der Waals surface area contributed by atoms with Crippen molar-refractivity contribution >= 4 is 22.9 Å². The fraction of sp³-hybridized carbons (Fsp3) is 0.353. The first-order valence-corrected chi connectivity index (χ1v) is 9.04. The molecular formula is C17H20N4O4S. The molecule has 0 radical (unpaired) electrons. The van der Waals surface area contributed by atoms with Crippen molar-refractivity contribution in [2.24, 2.45) is 14.1 Å². The summed E-state index contributed by atoms with van der Waals surface area (Å²) in [5.41, 5.74) is 0.751. The minimum Gasteiger partial charge on any atom is -0.394 e. The van der Waals surface area contributed by atoms with E-state index in [2.05, 4.69) is 4.98 Å². The maximum absolute atomic E-state index is 12.7. The van der Waals surface area contributed by atoms with Crippen molar-refractivity contribution in [2.75, 3.05) is 12.4 Å². The van der Waals surface area contributed by atoms with Gasteiger partial charge in [0.1, 0.15) is 0 Å². The Balaban J connectivity index is 2.19. The topological polar surface area (TPSA) is 102 Å². The lowest BCUT2D eigenvalue weighted by Crippen LogP contribution is -2.37. The van der Waals surface area contributed by atoms with Crippen LogP contribution in [0.15, 0.2) is 45.1 Å². The van der Waals surface area contributed by atoms with E-state index in [0.717, 1.165) is 10.1 Å². The van der Waals surface area contributed by atoms with Crippen molar-refractivity contribution in [2.45, 2.75) is 17.8 Å². The fourth-order valence-corrected chi connectivity index (χ4v) is 3.58. The summed E-state index contributed by atoms with van der Waals surface area (Å²) in [6, 6.07) is 9.60. The largest absolute Gasteiger partial charge is 0.394 e. The smallest absolute Gasteiger partial charge is 0.332 e. The van der Waals surface area contributed by atoms with Gasteiger partial charge in [0.25, 0.3) is 5.56 Å². The second-order valence-electron chi connectivity index (χ2n) is 5.99. The van der Waals surface area contributed by atoms with Crippen molar-refractivity contribution < 1.29 is 10.2 Å². The van der Waals surface area contributed by atoms with E-state index in [-0.39, 0.29) is 12.4 Å². The zero-order chi connectivity index (χ0) is 18.8. The minimum absolute atomic E-state index is 0.225. The van der Waals surface area contributed by atoms with Crippen LogP contribution in [-0.2, 0) is 20.6 Å². The number of hydrogen-bond donors (Lipinski definition) is 2. The number of aliphatic hydroxyl groups excluding tert-OH is 2. The second-order valence-corrected chi connectivity index (χ2v) is 6.98. The van der Waals surface area contributed by atoms with E-state index in [9.17, 15) is 14.7 Å². The van der Waals surface area contributed by atoms with Gasteiger partial charge in [-0.25, -0.2) is 9.78 Å². The Morgan fingerprint density at radius 1 is 1.15 bits per heavy atom. The molecule has 0 amide bonds. The first-order valence-electron chi connectivity index (χ1n) is 8.06. The molecule has 26 heavy (non-hydrogen) atoms. The molecule has 1 atom stereocenters. The Morgan fingerprint density at radius 3 is 2.50 bits per heavy atom. The number of thioether (sulfide) groups is 1. The molecule has 0 aliphatic rings. The van der Waals surface area contributed by atoms with Crippen LogP contribution < -0.4 is 11.2 Å². The molecule has 0 unspecified atom stereocenters. The SMILES string of the molecule is Cn1c(=O)c2c(nc(SC[C@H](O)CO)n2Cc2ccccc2)n(C)c1=O. The summed E-state index contributed by atoms with van der Waals surface area (Å²) in [5.74, 6) is 0.225. The third-order valence-corrected chi connectivity index (χ3v) is 5.23. The molecule has 0 spiro atoms. The molecule has 138 valence electrons. The normalized spacial score (nSPS) is 12.6. The number of fused-ring (bicyclic) bond motifs is 1. The van der Waals surface area contributed by atoms with Gasteiger partial charge in [-0.05, 0) is 5.56 Å². The number of imidazole rings is 1. The second kappa shape index (κ2) is 7.48. The molecule has 0 aliphatic carbocycles. The van der Waals surface area contributed by atoms with Crippen molar-refractivity contribution in [1.29, 1.82) is 0 Å². The van der Waals surface area contributed by atoms with Crippen LogP contribution in [0.1, 0.15) is 5.56 Å². The van der Waals surface area contributed by atoms with E-state index >= 15 is 0 Å². The lowest BCUT2D eigenvalue weighted by molar-refractivity contribution is 0.113. The molecule has 0 saturated carbocycles. The highest BCUT2D eigenvalue weighted by molar-refractivity contribution is 7.99. The number of aryl methyl sites for hydroxylation is 1. The number of hydrogen-bond acceptors (Lipinski definition) is 6. The molecule has 2 heterocycles. The van der Waals surface area contributed by atoms with Gasteiger partial charge in [0.05, 0.1) is 19.3 Å². The van der Waals surface area contributed by atoms with Crippen LogP contribution in [0.2, 0.25) is 0 Å². The summed E-state index contributed by atoms with van der Waals surface area (Å²) in [6.07, 6.45) is -0.892. The number of benzene rings is 1. The van der Waals surface area contributed by atoms with Crippen LogP contribution in [0.25, 0.3) is 11.2 Å².